The number of aromatic nitrogens is 2. The maximum absolute atomic E-state index is 4.33. The lowest BCUT2D eigenvalue weighted by Crippen LogP contribution is -2.18. The lowest BCUT2D eigenvalue weighted by atomic mass is 10.1. The molecule has 1 N–H and O–H groups in total. The minimum atomic E-state index is 0.693. The van der Waals surface area contributed by atoms with Crippen LogP contribution in [0.1, 0.15) is 63.6 Å². The van der Waals surface area contributed by atoms with E-state index < -0.39 is 0 Å². The van der Waals surface area contributed by atoms with Gasteiger partial charge in [0, 0.05) is 18.8 Å². The molecule has 0 aliphatic heterocycles. The van der Waals surface area contributed by atoms with Crippen LogP contribution in [0.3, 0.4) is 0 Å². The van der Waals surface area contributed by atoms with Crippen LogP contribution in [0.5, 0.6) is 0 Å². The second-order valence-electron chi connectivity index (χ2n) is 5.11. The van der Waals surface area contributed by atoms with E-state index >= 15 is 0 Å². The first kappa shape index (κ1) is 12.6. The van der Waals surface area contributed by atoms with Gasteiger partial charge in [-0.15, -0.1) is 0 Å². The predicted octanol–water partition coefficient (Wildman–Crippen LogP) is 3.28. The molecule has 0 radical (unpaired) electrons. The summed E-state index contributed by atoms with van der Waals surface area (Å²) in [7, 11) is 0. The molecule has 17 heavy (non-hydrogen) atoms. The molecule has 0 bridgehead atoms. The van der Waals surface area contributed by atoms with Crippen molar-refractivity contribution in [3.05, 3.63) is 18.2 Å². The molecule has 1 heterocycles. The van der Waals surface area contributed by atoms with Crippen LogP contribution >= 0.6 is 0 Å². The summed E-state index contributed by atoms with van der Waals surface area (Å²) in [4.78, 5) is 4.33. The van der Waals surface area contributed by atoms with Crippen molar-refractivity contribution in [2.75, 3.05) is 6.54 Å². The van der Waals surface area contributed by atoms with Crippen molar-refractivity contribution < 1.29 is 0 Å². The molecule has 0 unspecified atom stereocenters. The van der Waals surface area contributed by atoms with Gasteiger partial charge < -0.3 is 9.88 Å². The van der Waals surface area contributed by atoms with Gasteiger partial charge in [0.2, 0.25) is 0 Å². The monoisotopic (exact) mass is 235 g/mol. The van der Waals surface area contributed by atoms with E-state index in [1.54, 1.807) is 0 Å². The average Bonchev–Trinajstić information content (AvgIpc) is 2.63. The topological polar surface area (TPSA) is 29.9 Å². The third-order valence-electron chi connectivity index (χ3n) is 3.70. The number of hydrogen-bond donors (Lipinski definition) is 1. The summed E-state index contributed by atoms with van der Waals surface area (Å²) in [5.41, 5.74) is 1.35. The van der Waals surface area contributed by atoms with Gasteiger partial charge in [0.15, 0.2) is 0 Å². The summed E-state index contributed by atoms with van der Waals surface area (Å²) in [5, 5.41) is 3.47. The highest BCUT2D eigenvalue weighted by atomic mass is 15.1. The molecule has 0 aromatic carbocycles. The van der Waals surface area contributed by atoms with Crippen LogP contribution in [0, 0.1) is 0 Å². The Balaban J connectivity index is 1.96. The van der Waals surface area contributed by atoms with E-state index in [2.05, 4.69) is 21.8 Å². The second kappa shape index (κ2) is 6.80. The zero-order valence-electron chi connectivity index (χ0n) is 11.0. The molecule has 0 atom stereocenters. The largest absolute Gasteiger partial charge is 0.330 e. The highest BCUT2D eigenvalue weighted by molar-refractivity contribution is 5.00. The fourth-order valence-corrected chi connectivity index (χ4v) is 2.73. The van der Waals surface area contributed by atoms with E-state index in [4.69, 9.17) is 0 Å². The Labute approximate surface area is 105 Å². The Morgan fingerprint density at radius 2 is 2.06 bits per heavy atom. The number of nitrogens with one attached hydrogen (secondary N) is 1. The molecule has 0 saturated heterocycles. The van der Waals surface area contributed by atoms with Crippen LogP contribution in [0.15, 0.2) is 12.5 Å². The van der Waals surface area contributed by atoms with Gasteiger partial charge in [-0.3, -0.25) is 0 Å². The third-order valence-corrected chi connectivity index (χ3v) is 3.70. The fourth-order valence-electron chi connectivity index (χ4n) is 2.73. The molecule has 0 spiro atoms. The Morgan fingerprint density at radius 1 is 1.29 bits per heavy atom. The maximum Gasteiger partial charge on any atom is 0.0951 e. The van der Waals surface area contributed by atoms with E-state index in [1.165, 1.54) is 50.6 Å². The molecule has 3 heteroatoms. The van der Waals surface area contributed by atoms with Gasteiger partial charge in [-0.2, -0.15) is 0 Å². The average molecular weight is 235 g/mol. The van der Waals surface area contributed by atoms with E-state index in [-0.39, 0.29) is 0 Å². The number of rotatable bonds is 5. The standard InChI is InChI=1S/C14H25N3/c1-2-9-15-10-14-11-16-12-17(14)13-7-5-3-4-6-8-13/h11-13,15H,2-10H2,1H3. The first-order valence-corrected chi connectivity index (χ1v) is 7.13. The van der Waals surface area contributed by atoms with Crippen LogP contribution in [0.4, 0.5) is 0 Å². The molecule has 1 fully saturated rings. The number of hydrogen-bond acceptors (Lipinski definition) is 2. The van der Waals surface area contributed by atoms with E-state index in [0.29, 0.717) is 6.04 Å². The third kappa shape index (κ3) is 3.56. The molecular weight excluding hydrogens is 210 g/mol. The smallest absolute Gasteiger partial charge is 0.0951 e. The normalized spacial score (nSPS) is 18.2. The van der Waals surface area contributed by atoms with E-state index in [9.17, 15) is 0 Å². The molecule has 1 aliphatic carbocycles. The molecule has 1 saturated carbocycles. The van der Waals surface area contributed by atoms with Crippen molar-refractivity contribution >= 4 is 0 Å². The molecule has 2 rings (SSSR count). The summed E-state index contributed by atoms with van der Waals surface area (Å²) in [5.74, 6) is 0. The summed E-state index contributed by atoms with van der Waals surface area (Å²) in [6, 6.07) is 0.693. The molecular formula is C14H25N3. The Kier molecular flexibility index (Phi) is 5.05. The number of nitrogens with zero attached hydrogens (tertiary/aromatic N) is 2. The fraction of sp³-hybridized carbons (Fsp3) is 0.786. The van der Waals surface area contributed by atoms with Gasteiger partial charge in [-0.25, -0.2) is 4.98 Å². The predicted molar refractivity (Wildman–Crippen MR) is 71.0 cm³/mol. The first-order chi connectivity index (χ1) is 8.42. The lowest BCUT2D eigenvalue weighted by Gasteiger charge is -2.19. The van der Waals surface area contributed by atoms with Gasteiger partial charge in [-0.05, 0) is 25.8 Å². The summed E-state index contributed by atoms with van der Waals surface area (Å²) < 4.78 is 2.41. The summed E-state index contributed by atoms with van der Waals surface area (Å²) in [6.45, 7) is 4.26. The molecule has 96 valence electrons. The van der Waals surface area contributed by atoms with Crippen molar-refractivity contribution in [2.45, 2.75) is 64.5 Å². The minimum absolute atomic E-state index is 0.693. The summed E-state index contributed by atoms with van der Waals surface area (Å²) in [6.07, 6.45) is 13.5. The van der Waals surface area contributed by atoms with Crippen LogP contribution in [0.2, 0.25) is 0 Å². The Morgan fingerprint density at radius 3 is 2.76 bits per heavy atom. The summed E-state index contributed by atoms with van der Waals surface area (Å²) >= 11 is 0. The van der Waals surface area contributed by atoms with Gasteiger partial charge in [0.1, 0.15) is 0 Å². The Hall–Kier alpha value is -0.830. The second-order valence-corrected chi connectivity index (χ2v) is 5.11. The minimum Gasteiger partial charge on any atom is -0.330 e. The Bertz CT molecular complexity index is 311. The zero-order valence-corrected chi connectivity index (χ0v) is 11.0. The molecule has 3 nitrogen and oxygen atoms in total. The van der Waals surface area contributed by atoms with Gasteiger partial charge >= 0.3 is 0 Å². The van der Waals surface area contributed by atoms with Crippen LogP contribution < -0.4 is 5.32 Å². The van der Waals surface area contributed by atoms with Crippen LogP contribution in [0.25, 0.3) is 0 Å². The maximum atomic E-state index is 4.33. The van der Waals surface area contributed by atoms with Gasteiger partial charge in [0.05, 0.1) is 12.0 Å². The van der Waals surface area contributed by atoms with Crippen molar-refractivity contribution in [2.24, 2.45) is 0 Å². The molecule has 0 amide bonds. The van der Waals surface area contributed by atoms with Crippen molar-refractivity contribution in [1.29, 1.82) is 0 Å². The SMILES string of the molecule is CCCNCc1cncn1C1CCCCCC1. The molecule has 1 aliphatic rings. The molecule has 1 aromatic rings. The van der Waals surface area contributed by atoms with Crippen LogP contribution in [-0.2, 0) is 6.54 Å². The van der Waals surface area contributed by atoms with Crippen molar-refractivity contribution in [3.8, 4) is 0 Å². The van der Waals surface area contributed by atoms with Gasteiger partial charge in [-0.1, -0.05) is 32.6 Å². The lowest BCUT2D eigenvalue weighted by molar-refractivity contribution is 0.426. The number of imidazole rings is 1. The molecule has 1 aromatic heterocycles. The van der Waals surface area contributed by atoms with Crippen LogP contribution in [-0.4, -0.2) is 16.1 Å². The highest BCUT2D eigenvalue weighted by Crippen LogP contribution is 2.27. The quantitative estimate of drug-likeness (QED) is 0.627. The van der Waals surface area contributed by atoms with E-state index in [1.807, 2.05) is 12.5 Å². The van der Waals surface area contributed by atoms with Crippen molar-refractivity contribution in [1.82, 2.24) is 14.9 Å². The van der Waals surface area contributed by atoms with Crippen molar-refractivity contribution in [3.63, 3.8) is 0 Å². The highest BCUT2D eigenvalue weighted by Gasteiger charge is 2.16. The van der Waals surface area contributed by atoms with E-state index in [0.717, 1.165) is 13.1 Å². The zero-order chi connectivity index (χ0) is 11.9. The first-order valence-electron chi connectivity index (χ1n) is 7.13. The van der Waals surface area contributed by atoms with Gasteiger partial charge in [0.25, 0.3) is 0 Å².